The lowest BCUT2D eigenvalue weighted by atomic mass is 9.86. The van der Waals surface area contributed by atoms with E-state index < -0.39 is 6.09 Å². The van der Waals surface area contributed by atoms with Crippen LogP contribution in [0.15, 0.2) is 0 Å². The van der Waals surface area contributed by atoms with Crippen LogP contribution in [0.4, 0.5) is 4.79 Å². The Balaban J connectivity index is 2.48. The van der Waals surface area contributed by atoms with Crippen LogP contribution in [-0.2, 0) is 0 Å². The molecule has 0 saturated heterocycles. The molecule has 0 aromatic heterocycles. The van der Waals surface area contributed by atoms with Crippen LogP contribution in [0.5, 0.6) is 0 Å². The van der Waals surface area contributed by atoms with Gasteiger partial charge in [-0.25, -0.2) is 9.69 Å². The molecule has 0 radical (unpaired) electrons. The first kappa shape index (κ1) is 10.8. The number of amides is 1. The highest BCUT2D eigenvalue weighted by molar-refractivity contribution is 5.67. The minimum Gasteiger partial charge on any atom is -0.464 e. The van der Waals surface area contributed by atoms with Gasteiger partial charge in [0.25, 0.3) is 0 Å². The molecular formula is C9H14N2O3. The maximum atomic E-state index is 10.6. The van der Waals surface area contributed by atoms with Crippen molar-refractivity contribution < 1.29 is 15.0 Å². The Morgan fingerprint density at radius 1 is 1.43 bits per heavy atom. The summed E-state index contributed by atoms with van der Waals surface area (Å²) in [6.07, 6.45) is 3.43. The molecule has 1 amide bonds. The van der Waals surface area contributed by atoms with Crippen molar-refractivity contribution >= 4 is 6.09 Å². The van der Waals surface area contributed by atoms with Gasteiger partial charge < -0.3 is 10.2 Å². The van der Waals surface area contributed by atoms with E-state index in [0.29, 0.717) is 12.8 Å². The van der Waals surface area contributed by atoms with E-state index in [0.717, 1.165) is 17.7 Å². The van der Waals surface area contributed by atoms with E-state index in [1.807, 2.05) is 0 Å². The SMILES string of the molecule is N#CN(C(=O)O)C1CCC(CO)CC1. The molecule has 5 nitrogen and oxygen atoms in total. The number of carbonyl (C=O) groups is 1. The average Bonchev–Trinajstić information content (AvgIpc) is 2.19. The number of nitriles is 1. The molecule has 0 unspecified atom stereocenters. The number of nitrogens with zero attached hydrogens (tertiary/aromatic N) is 2. The first-order valence-corrected chi connectivity index (χ1v) is 4.71. The van der Waals surface area contributed by atoms with E-state index in [1.165, 1.54) is 0 Å². The zero-order valence-corrected chi connectivity index (χ0v) is 7.89. The van der Waals surface area contributed by atoms with Gasteiger partial charge in [-0.1, -0.05) is 0 Å². The fourth-order valence-electron chi connectivity index (χ4n) is 1.87. The lowest BCUT2D eigenvalue weighted by Gasteiger charge is -2.30. The second-order valence-electron chi connectivity index (χ2n) is 3.61. The molecule has 1 rings (SSSR count). The summed E-state index contributed by atoms with van der Waals surface area (Å²) in [5, 5.41) is 26.2. The highest BCUT2D eigenvalue weighted by Gasteiger charge is 2.28. The summed E-state index contributed by atoms with van der Waals surface area (Å²) < 4.78 is 0. The van der Waals surface area contributed by atoms with Gasteiger partial charge in [-0.05, 0) is 31.6 Å². The van der Waals surface area contributed by atoms with E-state index >= 15 is 0 Å². The summed E-state index contributed by atoms with van der Waals surface area (Å²) in [6.45, 7) is 0.159. The van der Waals surface area contributed by atoms with Crippen LogP contribution in [0.2, 0.25) is 0 Å². The summed E-state index contributed by atoms with van der Waals surface area (Å²) in [7, 11) is 0. The Labute approximate surface area is 82.6 Å². The predicted molar refractivity (Wildman–Crippen MR) is 48.3 cm³/mol. The molecule has 2 N–H and O–H groups in total. The molecule has 1 aliphatic carbocycles. The molecule has 0 heterocycles. The molecule has 1 fully saturated rings. The van der Waals surface area contributed by atoms with Gasteiger partial charge >= 0.3 is 6.09 Å². The predicted octanol–water partition coefficient (Wildman–Crippen LogP) is 0.999. The second-order valence-corrected chi connectivity index (χ2v) is 3.61. The van der Waals surface area contributed by atoms with Crippen LogP contribution >= 0.6 is 0 Å². The Morgan fingerprint density at radius 3 is 2.36 bits per heavy atom. The normalized spacial score (nSPS) is 26.6. The van der Waals surface area contributed by atoms with Crippen LogP contribution < -0.4 is 0 Å². The van der Waals surface area contributed by atoms with Gasteiger partial charge in [0, 0.05) is 6.61 Å². The minimum atomic E-state index is -1.18. The van der Waals surface area contributed by atoms with Crippen molar-refractivity contribution in [2.75, 3.05) is 6.61 Å². The number of carboxylic acid groups (broad SMARTS) is 1. The van der Waals surface area contributed by atoms with E-state index in [-0.39, 0.29) is 18.6 Å². The van der Waals surface area contributed by atoms with Gasteiger partial charge in [-0.15, -0.1) is 0 Å². The summed E-state index contributed by atoms with van der Waals surface area (Å²) in [5.74, 6) is 0.278. The Hall–Kier alpha value is -1.28. The van der Waals surface area contributed by atoms with Crippen molar-refractivity contribution in [3.63, 3.8) is 0 Å². The molecule has 1 aliphatic rings. The highest BCUT2D eigenvalue weighted by atomic mass is 16.4. The van der Waals surface area contributed by atoms with Crippen LogP contribution in [0.1, 0.15) is 25.7 Å². The monoisotopic (exact) mass is 198 g/mol. The van der Waals surface area contributed by atoms with Crippen molar-refractivity contribution in [3.8, 4) is 6.19 Å². The minimum absolute atomic E-state index is 0.159. The standard InChI is InChI=1S/C9H14N2O3/c10-6-11(9(13)14)8-3-1-7(5-12)2-4-8/h7-8,12H,1-5H2,(H,13,14). The van der Waals surface area contributed by atoms with Crippen LogP contribution in [0, 0.1) is 17.4 Å². The number of aliphatic hydroxyl groups excluding tert-OH is 1. The summed E-state index contributed by atoms with van der Waals surface area (Å²) in [5.41, 5.74) is 0. The van der Waals surface area contributed by atoms with E-state index in [2.05, 4.69) is 0 Å². The zero-order chi connectivity index (χ0) is 10.6. The lowest BCUT2D eigenvalue weighted by Crippen LogP contribution is -2.38. The molecule has 0 aromatic rings. The molecule has 0 aliphatic heterocycles. The van der Waals surface area contributed by atoms with Gasteiger partial charge in [0.05, 0.1) is 6.04 Å². The third kappa shape index (κ3) is 2.36. The van der Waals surface area contributed by atoms with Crippen molar-refractivity contribution in [2.24, 2.45) is 5.92 Å². The molecule has 14 heavy (non-hydrogen) atoms. The van der Waals surface area contributed by atoms with Crippen LogP contribution in [0.3, 0.4) is 0 Å². The van der Waals surface area contributed by atoms with Gasteiger partial charge in [-0.3, -0.25) is 0 Å². The lowest BCUT2D eigenvalue weighted by molar-refractivity contribution is 0.120. The molecule has 0 aromatic carbocycles. The van der Waals surface area contributed by atoms with Gasteiger partial charge in [0.15, 0.2) is 6.19 Å². The fourth-order valence-corrected chi connectivity index (χ4v) is 1.87. The topological polar surface area (TPSA) is 84.6 Å². The average molecular weight is 198 g/mol. The van der Waals surface area contributed by atoms with Crippen molar-refractivity contribution in [1.82, 2.24) is 4.90 Å². The first-order chi connectivity index (χ1) is 6.69. The quantitative estimate of drug-likeness (QED) is 0.512. The Morgan fingerprint density at radius 2 is 2.00 bits per heavy atom. The number of hydrogen-bond acceptors (Lipinski definition) is 3. The summed E-state index contributed by atoms with van der Waals surface area (Å²) in [4.78, 5) is 11.4. The fraction of sp³-hybridized carbons (Fsp3) is 0.778. The second kappa shape index (κ2) is 4.82. The first-order valence-electron chi connectivity index (χ1n) is 4.71. The summed E-state index contributed by atoms with van der Waals surface area (Å²) >= 11 is 0. The molecule has 5 heteroatoms. The van der Waals surface area contributed by atoms with Crippen LogP contribution in [-0.4, -0.2) is 33.9 Å². The van der Waals surface area contributed by atoms with Crippen molar-refractivity contribution in [1.29, 1.82) is 5.26 Å². The smallest absolute Gasteiger partial charge is 0.420 e. The van der Waals surface area contributed by atoms with Crippen molar-refractivity contribution in [3.05, 3.63) is 0 Å². The third-order valence-electron chi connectivity index (χ3n) is 2.75. The maximum absolute atomic E-state index is 10.6. The van der Waals surface area contributed by atoms with Crippen LogP contribution in [0.25, 0.3) is 0 Å². The molecule has 0 spiro atoms. The maximum Gasteiger partial charge on any atom is 0.420 e. The molecule has 1 saturated carbocycles. The highest BCUT2D eigenvalue weighted by Crippen LogP contribution is 2.26. The number of rotatable bonds is 2. The van der Waals surface area contributed by atoms with E-state index in [9.17, 15) is 4.79 Å². The largest absolute Gasteiger partial charge is 0.464 e. The Kier molecular flexibility index (Phi) is 3.72. The summed E-state index contributed by atoms with van der Waals surface area (Å²) in [6, 6.07) is -0.194. The van der Waals surface area contributed by atoms with Gasteiger partial charge in [0.1, 0.15) is 0 Å². The Bertz CT molecular complexity index is 241. The van der Waals surface area contributed by atoms with E-state index in [1.54, 1.807) is 6.19 Å². The molecular weight excluding hydrogens is 184 g/mol. The van der Waals surface area contributed by atoms with E-state index in [4.69, 9.17) is 15.5 Å². The van der Waals surface area contributed by atoms with Gasteiger partial charge in [-0.2, -0.15) is 5.26 Å². The molecule has 0 atom stereocenters. The number of aliphatic hydroxyl groups is 1. The van der Waals surface area contributed by atoms with Crippen molar-refractivity contribution in [2.45, 2.75) is 31.7 Å². The number of hydrogen-bond donors (Lipinski definition) is 2. The zero-order valence-electron chi connectivity index (χ0n) is 7.89. The molecule has 78 valence electrons. The van der Waals surface area contributed by atoms with Gasteiger partial charge in [0.2, 0.25) is 0 Å². The third-order valence-corrected chi connectivity index (χ3v) is 2.75. The molecule has 0 bridgehead atoms.